The molecule has 0 N–H and O–H groups in total. The highest BCUT2D eigenvalue weighted by Gasteiger charge is 2.18. The molecule has 0 spiro atoms. The van der Waals surface area contributed by atoms with Gasteiger partial charge in [-0.3, -0.25) is 0 Å². The minimum atomic E-state index is 1.10. The van der Waals surface area contributed by atoms with E-state index in [0.29, 0.717) is 0 Å². The van der Waals surface area contributed by atoms with E-state index in [1.54, 1.807) is 0 Å². The third-order valence-corrected chi connectivity index (χ3v) is 12.3. The van der Waals surface area contributed by atoms with Crippen molar-refractivity contribution < 1.29 is 0 Å². The molecule has 0 aliphatic heterocycles. The molecule has 0 unspecified atom stereocenters. The standard InChI is InChI=1S/C58H39N3/c1-2-15-45(16-3-1)61-57-23-11-8-20-52(57)53-38-31-44(39-58(53)61)42-29-34-47(35-30-42)59(54-24-12-14-43-13-4-5-17-49(43)54)46-32-25-40(26-33-46)41-27-36-48(37-28-41)60-55-21-9-6-18-50(55)51-19-7-10-22-56(51)60/h1-39H. The highest BCUT2D eigenvalue weighted by Crippen LogP contribution is 2.41. The molecule has 12 aromatic rings. The topological polar surface area (TPSA) is 13.1 Å². The monoisotopic (exact) mass is 777 g/mol. The summed E-state index contributed by atoms with van der Waals surface area (Å²) in [6.07, 6.45) is 0. The van der Waals surface area contributed by atoms with E-state index in [4.69, 9.17) is 0 Å². The molecule has 3 nitrogen and oxygen atoms in total. The quantitative estimate of drug-likeness (QED) is 0.157. The fourth-order valence-electron chi connectivity index (χ4n) is 9.45. The summed E-state index contributed by atoms with van der Waals surface area (Å²) >= 11 is 0. The van der Waals surface area contributed by atoms with Gasteiger partial charge in [0.15, 0.2) is 0 Å². The molecule has 0 bridgehead atoms. The number of hydrogen-bond acceptors (Lipinski definition) is 1. The van der Waals surface area contributed by atoms with Gasteiger partial charge in [0.05, 0.1) is 27.8 Å². The first-order chi connectivity index (χ1) is 30.3. The Balaban J connectivity index is 0.913. The number of hydrogen-bond donors (Lipinski definition) is 0. The number of anilines is 3. The van der Waals surface area contributed by atoms with Crippen LogP contribution in [0.3, 0.4) is 0 Å². The average molecular weight is 778 g/mol. The molecule has 2 aromatic heterocycles. The summed E-state index contributed by atoms with van der Waals surface area (Å²) < 4.78 is 4.75. The van der Waals surface area contributed by atoms with E-state index >= 15 is 0 Å². The van der Waals surface area contributed by atoms with Gasteiger partial charge >= 0.3 is 0 Å². The summed E-state index contributed by atoms with van der Waals surface area (Å²) in [5.74, 6) is 0. The first-order valence-electron chi connectivity index (χ1n) is 20.9. The molecule has 0 amide bonds. The van der Waals surface area contributed by atoms with E-state index in [-0.39, 0.29) is 0 Å². The Hall–Kier alpha value is -8.14. The first-order valence-corrected chi connectivity index (χ1v) is 20.9. The van der Waals surface area contributed by atoms with Crippen LogP contribution in [0.5, 0.6) is 0 Å². The maximum absolute atomic E-state index is 2.39. The molecule has 0 saturated heterocycles. The second-order valence-corrected chi connectivity index (χ2v) is 15.8. The molecule has 0 aliphatic rings. The Morgan fingerprint density at radius 2 is 0.672 bits per heavy atom. The third kappa shape index (κ3) is 5.82. The predicted octanol–water partition coefficient (Wildman–Crippen LogP) is 15.8. The number of para-hydroxylation sites is 4. The maximum atomic E-state index is 2.39. The van der Waals surface area contributed by atoms with Crippen molar-refractivity contribution in [1.82, 2.24) is 9.13 Å². The van der Waals surface area contributed by atoms with Gasteiger partial charge in [0, 0.05) is 49.7 Å². The summed E-state index contributed by atoms with van der Waals surface area (Å²) in [4.78, 5) is 2.39. The summed E-state index contributed by atoms with van der Waals surface area (Å²) in [5, 5.41) is 7.48. The second kappa shape index (κ2) is 14.3. The lowest BCUT2D eigenvalue weighted by Crippen LogP contribution is -2.10. The summed E-state index contributed by atoms with van der Waals surface area (Å²) in [5.41, 5.74) is 15.2. The van der Waals surface area contributed by atoms with Crippen molar-refractivity contribution in [3.05, 3.63) is 237 Å². The van der Waals surface area contributed by atoms with Crippen LogP contribution in [0.15, 0.2) is 237 Å². The molecule has 0 aliphatic carbocycles. The van der Waals surface area contributed by atoms with Crippen molar-refractivity contribution in [2.75, 3.05) is 4.90 Å². The summed E-state index contributed by atoms with van der Waals surface area (Å²) in [6, 6.07) is 85.8. The molecule has 61 heavy (non-hydrogen) atoms. The largest absolute Gasteiger partial charge is 0.310 e. The SMILES string of the molecule is c1ccc(-n2c3ccccc3c3ccc(-c4ccc(N(c5ccc(-c6ccc(-n7c8ccccc8c8ccccc87)cc6)cc5)c5cccc6ccccc56)cc4)cc32)cc1. The Morgan fingerprint density at radius 1 is 0.262 bits per heavy atom. The Bertz CT molecular complexity index is 3500. The molecule has 0 fully saturated rings. The zero-order valence-electron chi connectivity index (χ0n) is 33.4. The molecule has 0 saturated carbocycles. The van der Waals surface area contributed by atoms with Gasteiger partial charge in [-0.2, -0.15) is 0 Å². The van der Waals surface area contributed by atoms with Crippen LogP contribution < -0.4 is 4.90 Å². The van der Waals surface area contributed by atoms with E-state index < -0.39 is 0 Å². The normalized spacial score (nSPS) is 11.6. The number of rotatable bonds is 7. The van der Waals surface area contributed by atoms with Gasteiger partial charge in [0.2, 0.25) is 0 Å². The molecule has 286 valence electrons. The number of nitrogens with zero attached hydrogens (tertiary/aromatic N) is 3. The van der Waals surface area contributed by atoms with Crippen molar-refractivity contribution >= 4 is 71.4 Å². The van der Waals surface area contributed by atoms with Crippen LogP contribution in [0.2, 0.25) is 0 Å². The van der Waals surface area contributed by atoms with Gasteiger partial charge in [0.25, 0.3) is 0 Å². The van der Waals surface area contributed by atoms with E-state index in [9.17, 15) is 0 Å². The van der Waals surface area contributed by atoms with Crippen LogP contribution in [-0.4, -0.2) is 9.13 Å². The molecular formula is C58H39N3. The average Bonchev–Trinajstić information content (AvgIpc) is 3.85. The van der Waals surface area contributed by atoms with Gasteiger partial charge in [0.1, 0.15) is 0 Å². The van der Waals surface area contributed by atoms with Crippen LogP contribution >= 0.6 is 0 Å². The molecule has 0 radical (unpaired) electrons. The molecule has 3 heteroatoms. The molecule has 10 aromatic carbocycles. The first kappa shape index (κ1) is 34.9. The van der Waals surface area contributed by atoms with Crippen LogP contribution in [0.1, 0.15) is 0 Å². The van der Waals surface area contributed by atoms with Crippen molar-refractivity contribution in [2.45, 2.75) is 0 Å². The maximum Gasteiger partial charge on any atom is 0.0547 e. The van der Waals surface area contributed by atoms with Crippen LogP contribution in [-0.2, 0) is 0 Å². The van der Waals surface area contributed by atoms with Crippen LogP contribution in [0, 0.1) is 0 Å². The van der Waals surface area contributed by atoms with Crippen molar-refractivity contribution in [3.63, 3.8) is 0 Å². The van der Waals surface area contributed by atoms with Gasteiger partial charge < -0.3 is 14.0 Å². The summed E-state index contributed by atoms with van der Waals surface area (Å²) in [7, 11) is 0. The number of fused-ring (bicyclic) bond motifs is 7. The highest BCUT2D eigenvalue weighted by atomic mass is 15.1. The van der Waals surface area contributed by atoms with E-state index in [0.717, 1.165) is 28.4 Å². The van der Waals surface area contributed by atoms with E-state index in [2.05, 4.69) is 251 Å². The molecule has 12 rings (SSSR count). The summed E-state index contributed by atoms with van der Waals surface area (Å²) in [6.45, 7) is 0. The van der Waals surface area contributed by atoms with Crippen LogP contribution in [0.4, 0.5) is 17.1 Å². The van der Waals surface area contributed by atoms with Gasteiger partial charge in [-0.15, -0.1) is 0 Å². The zero-order valence-corrected chi connectivity index (χ0v) is 33.4. The number of benzene rings is 10. The molecule has 2 heterocycles. The Kier molecular flexibility index (Phi) is 8.17. The fraction of sp³-hybridized carbons (Fsp3) is 0. The fourth-order valence-corrected chi connectivity index (χ4v) is 9.45. The molecule has 0 atom stereocenters. The van der Waals surface area contributed by atoms with E-state index in [1.807, 2.05) is 0 Å². The van der Waals surface area contributed by atoms with Gasteiger partial charge in [-0.25, -0.2) is 0 Å². The van der Waals surface area contributed by atoms with Crippen molar-refractivity contribution in [2.24, 2.45) is 0 Å². The lowest BCUT2D eigenvalue weighted by molar-refractivity contribution is 1.18. The van der Waals surface area contributed by atoms with Gasteiger partial charge in [-0.05, 0) is 107 Å². The lowest BCUT2D eigenvalue weighted by Gasteiger charge is -2.27. The Labute approximate surface area is 354 Å². The van der Waals surface area contributed by atoms with Crippen molar-refractivity contribution in [3.8, 4) is 33.6 Å². The lowest BCUT2D eigenvalue weighted by atomic mass is 10.0. The van der Waals surface area contributed by atoms with Crippen LogP contribution in [0.25, 0.3) is 88.0 Å². The van der Waals surface area contributed by atoms with E-state index in [1.165, 1.54) is 76.6 Å². The minimum Gasteiger partial charge on any atom is -0.310 e. The zero-order chi connectivity index (χ0) is 40.3. The second-order valence-electron chi connectivity index (χ2n) is 15.8. The Morgan fingerprint density at radius 3 is 1.26 bits per heavy atom. The number of aromatic nitrogens is 2. The van der Waals surface area contributed by atoms with Crippen molar-refractivity contribution in [1.29, 1.82) is 0 Å². The van der Waals surface area contributed by atoms with Gasteiger partial charge in [-0.1, -0.05) is 158 Å². The predicted molar refractivity (Wildman–Crippen MR) is 258 cm³/mol. The minimum absolute atomic E-state index is 1.10. The molecular weight excluding hydrogens is 739 g/mol. The highest BCUT2D eigenvalue weighted by molar-refractivity contribution is 6.11. The third-order valence-electron chi connectivity index (χ3n) is 12.3. The smallest absolute Gasteiger partial charge is 0.0547 e.